The van der Waals surface area contributed by atoms with E-state index < -0.39 is 5.91 Å². The number of benzene rings is 1. The lowest BCUT2D eigenvalue weighted by Gasteiger charge is -2.16. The Hall–Kier alpha value is -3.93. The second-order valence-electron chi connectivity index (χ2n) is 9.03. The third-order valence-electron chi connectivity index (χ3n) is 6.40. The number of amides is 3. The molecular formula is C26H28N6O5S. The van der Waals surface area contributed by atoms with Crippen LogP contribution >= 0.6 is 11.8 Å². The molecular weight excluding hydrogens is 508 g/mol. The van der Waals surface area contributed by atoms with Crippen molar-refractivity contribution >= 4 is 46.3 Å². The number of aromatic nitrogens is 3. The third kappa shape index (κ3) is 6.31. The smallest absolute Gasteiger partial charge is 0.315 e. The van der Waals surface area contributed by atoms with Crippen LogP contribution in [-0.4, -0.2) is 69.2 Å². The summed E-state index contributed by atoms with van der Waals surface area (Å²) < 4.78 is 11.1. The van der Waals surface area contributed by atoms with E-state index in [1.165, 1.54) is 18.6 Å². The van der Waals surface area contributed by atoms with Gasteiger partial charge >= 0.3 is 12.0 Å². The van der Waals surface area contributed by atoms with Crippen molar-refractivity contribution in [3.8, 4) is 5.75 Å². The number of nitrogens with zero attached hydrogens (tertiary/aromatic N) is 3. The van der Waals surface area contributed by atoms with Gasteiger partial charge in [0.05, 0.1) is 29.5 Å². The van der Waals surface area contributed by atoms with Crippen molar-refractivity contribution in [3.05, 3.63) is 54.7 Å². The van der Waals surface area contributed by atoms with Crippen molar-refractivity contribution < 1.29 is 23.9 Å². The number of hydrogen-bond donors (Lipinski definition) is 3. The van der Waals surface area contributed by atoms with Crippen LogP contribution in [0.3, 0.4) is 0 Å². The molecule has 12 heteroatoms. The fourth-order valence-corrected chi connectivity index (χ4v) is 6.13. The fourth-order valence-electron chi connectivity index (χ4n) is 4.59. The van der Waals surface area contributed by atoms with Crippen LogP contribution in [-0.2, 0) is 9.53 Å². The van der Waals surface area contributed by atoms with Crippen LogP contribution in [0.2, 0.25) is 0 Å². The molecule has 2 fully saturated rings. The van der Waals surface area contributed by atoms with Crippen LogP contribution in [0, 0.1) is 0 Å². The summed E-state index contributed by atoms with van der Waals surface area (Å²) in [4.78, 5) is 48.5. The summed E-state index contributed by atoms with van der Waals surface area (Å²) in [6, 6.07) is 7.48. The van der Waals surface area contributed by atoms with Gasteiger partial charge in [0, 0.05) is 47.5 Å². The minimum Gasteiger partial charge on any atom is -0.490 e. The van der Waals surface area contributed by atoms with E-state index in [1.807, 2.05) is 23.9 Å². The largest absolute Gasteiger partial charge is 0.490 e. The highest BCUT2D eigenvalue weighted by atomic mass is 32.2. The summed E-state index contributed by atoms with van der Waals surface area (Å²) in [7, 11) is 0. The van der Waals surface area contributed by atoms with Gasteiger partial charge < -0.3 is 25.4 Å². The van der Waals surface area contributed by atoms with Crippen molar-refractivity contribution in [1.29, 1.82) is 0 Å². The van der Waals surface area contributed by atoms with Gasteiger partial charge in [-0.15, -0.1) is 0 Å². The Balaban J connectivity index is 1.06. The number of anilines is 1. The van der Waals surface area contributed by atoms with Crippen LogP contribution < -0.4 is 20.7 Å². The normalized spacial score (nSPS) is 19.9. The lowest BCUT2D eigenvalue weighted by atomic mass is 10.0. The van der Waals surface area contributed by atoms with Gasteiger partial charge in [0.2, 0.25) is 0 Å². The zero-order valence-corrected chi connectivity index (χ0v) is 21.4. The lowest BCUT2D eigenvalue weighted by Crippen LogP contribution is -2.36. The minimum atomic E-state index is -0.410. The summed E-state index contributed by atoms with van der Waals surface area (Å²) in [6.07, 6.45) is 8.91. The van der Waals surface area contributed by atoms with Crippen LogP contribution in [0.15, 0.2) is 49.1 Å². The predicted octanol–water partition coefficient (Wildman–Crippen LogP) is 2.92. The van der Waals surface area contributed by atoms with Gasteiger partial charge in [-0.25, -0.2) is 9.78 Å². The Morgan fingerprint density at radius 1 is 1.11 bits per heavy atom. The maximum atomic E-state index is 12.6. The molecule has 2 aliphatic heterocycles. The predicted molar refractivity (Wildman–Crippen MR) is 142 cm³/mol. The minimum absolute atomic E-state index is 0.0838. The Bertz CT molecular complexity index is 1310. The topological polar surface area (TPSA) is 144 Å². The van der Waals surface area contributed by atoms with Crippen molar-refractivity contribution in [3.63, 3.8) is 0 Å². The number of esters is 1. The first-order valence-electron chi connectivity index (χ1n) is 12.5. The first-order chi connectivity index (χ1) is 18.6. The van der Waals surface area contributed by atoms with Gasteiger partial charge in [-0.3, -0.25) is 19.6 Å². The molecule has 4 heterocycles. The van der Waals surface area contributed by atoms with Gasteiger partial charge in [0.25, 0.3) is 5.91 Å². The number of fused-ring (bicyclic) bond motifs is 2. The number of hydrogen-bond acceptors (Lipinski definition) is 9. The highest BCUT2D eigenvalue weighted by molar-refractivity contribution is 8.00. The molecule has 3 N–H and O–H groups in total. The Labute approximate surface area is 223 Å². The molecule has 198 valence electrons. The molecule has 38 heavy (non-hydrogen) atoms. The maximum Gasteiger partial charge on any atom is 0.315 e. The molecule has 2 saturated heterocycles. The van der Waals surface area contributed by atoms with Crippen LogP contribution in [0.1, 0.15) is 36.2 Å². The SMILES string of the molecule is O=C1NC2CSC(CCCCC(=O)OCCOc3cc(NC(=O)c4cnccn4)c4ncccc4c3)C2N1. The summed E-state index contributed by atoms with van der Waals surface area (Å²) in [5.74, 6) is 0.768. The number of unbranched alkanes of at least 4 members (excludes halogenated alkanes) is 1. The van der Waals surface area contributed by atoms with Crippen molar-refractivity contribution in [2.45, 2.75) is 43.0 Å². The van der Waals surface area contributed by atoms with Crippen molar-refractivity contribution in [2.24, 2.45) is 0 Å². The van der Waals surface area contributed by atoms with E-state index >= 15 is 0 Å². The van der Waals surface area contributed by atoms with Gasteiger partial charge in [-0.05, 0) is 25.0 Å². The van der Waals surface area contributed by atoms with E-state index in [0.29, 0.717) is 28.6 Å². The number of carbonyl (C=O) groups is 3. The molecule has 3 amide bonds. The van der Waals surface area contributed by atoms with E-state index in [4.69, 9.17) is 9.47 Å². The van der Waals surface area contributed by atoms with E-state index in [-0.39, 0.29) is 43.0 Å². The van der Waals surface area contributed by atoms with Gasteiger partial charge in [0.15, 0.2) is 0 Å². The van der Waals surface area contributed by atoms with Gasteiger partial charge in [-0.2, -0.15) is 11.8 Å². The van der Waals surface area contributed by atoms with Crippen LogP contribution in [0.4, 0.5) is 10.5 Å². The number of rotatable bonds is 11. The van der Waals surface area contributed by atoms with Gasteiger partial charge in [-0.1, -0.05) is 12.5 Å². The first kappa shape index (κ1) is 25.7. The van der Waals surface area contributed by atoms with E-state index in [1.54, 1.807) is 18.3 Å². The molecule has 2 aliphatic rings. The molecule has 0 radical (unpaired) electrons. The molecule has 5 rings (SSSR count). The highest BCUT2D eigenvalue weighted by Gasteiger charge is 2.42. The lowest BCUT2D eigenvalue weighted by molar-refractivity contribution is -0.144. The van der Waals surface area contributed by atoms with Crippen molar-refractivity contribution in [1.82, 2.24) is 25.6 Å². The zero-order chi connectivity index (χ0) is 26.3. The summed E-state index contributed by atoms with van der Waals surface area (Å²) in [5, 5.41) is 9.92. The molecule has 0 spiro atoms. The molecule has 0 aliphatic carbocycles. The standard InChI is InChI=1S/C26H28N6O5S/c33-22(6-2-1-5-21-24-20(15-38-21)31-26(35)32-24)37-11-10-36-17-12-16-4-3-7-29-23(16)18(13-17)30-25(34)19-14-27-8-9-28-19/h3-4,7-9,12-14,20-21,24H,1-2,5-6,10-11,15H2,(H,30,34)(H2,31,32,35). The van der Waals surface area contributed by atoms with Gasteiger partial charge in [0.1, 0.15) is 24.7 Å². The number of pyridine rings is 1. The van der Waals surface area contributed by atoms with Crippen LogP contribution in [0.5, 0.6) is 5.75 Å². The number of carbonyl (C=O) groups excluding carboxylic acids is 3. The highest BCUT2D eigenvalue weighted by Crippen LogP contribution is 2.33. The molecule has 0 bridgehead atoms. The second kappa shape index (κ2) is 12.1. The third-order valence-corrected chi connectivity index (χ3v) is 7.90. The molecule has 1 aromatic carbocycles. The second-order valence-corrected chi connectivity index (χ2v) is 10.3. The molecule has 2 aromatic heterocycles. The average Bonchev–Trinajstić information content (AvgIpc) is 3.48. The quantitative estimate of drug-likeness (QED) is 0.191. The zero-order valence-electron chi connectivity index (χ0n) is 20.6. The van der Waals surface area contributed by atoms with E-state index in [0.717, 1.165) is 30.4 Å². The maximum absolute atomic E-state index is 12.6. The number of thioether (sulfide) groups is 1. The number of urea groups is 1. The average molecular weight is 537 g/mol. The molecule has 11 nitrogen and oxygen atoms in total. The molecule has 0 saturated carbocycles. The number of nitrogens with one attached hydrogen (secondary N) is 3. The molecule has 3 atom stereocenters. The first-order valence-corrected chi connectivity index (χ1v) is 13.5. The Morgan fingerprint density at radius 3 is 2.89 bits per heavy atom. The van der Waals surface area contributed by atoms with Crippen molar-refractivity contribution in [2.75, 3.05) is 24.3 Å². The molecule has 3 aromatic rings. The van der Waals surface area contributed by atoms with E-state index in [2.05, 4.69) is 30.9 Å². The van der Waals surface area contributed by atoms with E-state index in [9.17, 15) is 14.4 Å². The summed E-state index contributed by atoms with van der Waals surface area (Å²) in [6.45, 7) is 0.286. The number of ether oxygens (including phenoxy) is 2. The summed E-state index contributed by atoms with van der Waals surface area (Å²) >= 11 is 1.87. The fraction of sp³-hybridized carbons (Fsp3) is 0.385. The monoisotopic (exact) mass is 536 g/mol. The molecule has 3 unspecified atom stereocenters. The Morgan fingerprint density at radius 2 is 2.03 bits per heavy atom. The Kier molecular flexibility index (Phi) is 8.17. The summed E-state index contributed by atoms with van der Waals surface area (Å²) in [5.41, 5.74) is 1.27. The van der Waals surface area contributed by atoms with Crippen LogP contribution in [0.25, 0.3) is 10.9 Å².